The first kappa shape index (κ1) is 27.8. The topological polar surface area (TPSA) is 19.4 Å². The third-order valence-corrected chi connectivity index (χ3v) is 6.99. The molecule has 1 aliphatic carbocycles. The van der Waals surface area contributed by atoms with Gasteiger partial charge in [0, 0.05) is 55.5 Å². The molecule has 0 saturated heterocycles. The second-order valence-corrected chi connectivity index (χ2v) is 11.9. The van der Waals surface area contributed by atoms with Crippen LogP contribution in [0.2, 0.25) is 0 Å². The van der Waals surface area contributed by atoms with Crippen LogP contribution in [0.4, 0.5) is 0 Å². The Bertz CT molecular complexity index is 434. The van der Waals surface area contributed by atoms with Crippen LogP contribution in [0, 0.1) is 16.2 Å². The van der Waals surface area contributed by atoms with Gasteiger partial charge in [-0.05, 0) is 97.4 Å². The van der Waals surface area contributed by atoms with E-state index < -0.39 is 0 Å². The Morgan fingerprint density at radius 2 is 0.633 bits per heavy atom. The van der Waals surface area contributed by atoms with E-state index in [4.69, 9.17) is 0 Å². The highest BCUT2D eigenvalue weighted by Gasteiger charge is 2.64. The fourth-order valence-electron chi connectivity index (χ4n) is 7.05. The summed E-state index contributed by atoms with van der Waals surface area (Å²) in [5.41, 5.74) is 0.603. The van der Waals surface area contributed by atoms with E-state index in [2.05, 4.69) is 114 Å². The molecule has 0 aliphatic heterocycles. The standard InChI is InChI=1S/C24H54N6/c1-25(2)16-22(17-26(3)4)14-13-15-23(18-27(5)6,19-28(7)8)24(22,20-29(9)10)21-30(11)12/h13-21H2,1-12H3. The van der Waals surface area contributed by atoms with Crippen LogP contribution in [0.25, 0.3) is 0 Å². The van der Waals surface area contributed by atoms with E-state index in [1.54, 1.807) is 0 Å². The zero-order valence-corrected chi connectivity index (χ0v) is 22.5. The largest absolute Gasteiger partial charge is 0.309 e. The predicted molar refractivity (Wildman–Crippen MR) is 132 cm³/mol. The van der Waals surface area contributed by atoms with E-state index >= 15 is 0 Å². The average molecular weight is 427 g/mol. The Labute approximate surface area is 189 Å². The van der Waals surface area contributed by atoms with E-state index in [0.717, 1.165) is 39.3 Å². The molecule has 0 aromatic carbocycles. The van der Waals surface area contributed by atoms with E-state index in [1.807, 2.05) is 0 Å². The van der Waals surface area contributed by atoms with Crippen LogP contribution in [0.15, 0.2) is 0 Å². The number of hydrogen-bond acceptors (Lipinski definition) is 6. The highest BCUT2D eigenvalue weighted by Crippen LogP contribution is 2.61. The lowest BCUT2D eigenvalue weighted by molar-refractivity contribution is -0.177. The zero-order chi connectivity index (χ0) is 23.3. The van der Waals surface area contributed by atoms with Gasteiger partial charge in [0.05, 0.1) is 0 Å². The van der Waals surface area contributed by atoms with Crippen molar-refractivity contribution >= 4 is 0 Å². The van der Waals surface area contributed by atoms with Gasteiger partial charge in [-0.3, -0.25) is 0 Å². The summed E-state index contributed by atoms with van der Waals surface area (Å²) in [4.78, 5) is 14.7. The maximum atomic E-state index is 2.47. The molecule has 0 amide bonds. The van der Waals surface area contributed by atoms with Gasteiger partial charge in [-0.1, -0.05) is 6.42 Å². The smallest absolute Gasteiger partial charge is 0.0119 e. The first-order valence-corrected chi connectivity index (χ1v) is 11.6. The summed E-state index contributed by atoms with van der Waals surface area (Å²) < 4.78 is 0. The quantitative estimate of drug-likeness (QED) is 0.468. The van der Waals surface area contributed by atoms with Crippen LogP contribution in [0.5, 0.6) is 0 Å². The molecule has 30 heavy (non-hydrogen) atoms. The molecule has 1 rings (SSSR count). The molecule has 0 radical (unpaired) electrons. The molecule has 1 saturated carbocycles. The lowest BCUT2D eigenvalue weighted by Crippen LogP contribution is -2.72. The third kappa shape index (κ3) is 6.39. The second-order valence-electron chi connectivity index (χ2n) is 11.9. The molecule has 0 bridgehead atoms. The van der Waals surface area contributed by atoms with Crippen LogP contribution in [0.1, 0.15) is 19.3 Å². The first-order valence-electron chi connectivity index (χ1n) is 11.6. The van der Waals surface area contributed by atoms with Crippen LogP contribution in [-0.4, -0.2) is 153 Å². The van der Waals surface area contributed by atoms with Gasteiger partial charge in [0.25, 0.3) is 0 Å². The molecule has 180 valence electrons. The molecule has 0 spiro atoms. The minimum Gasteiger partial charge on any atom is -0.309 e. The average Bonchev–Trinajstić information content (AvgIpc) is 2.48. The normalized spacial score (nSPS) is 21.0. The number of hydrogen-bond donors (Lipinski definition) is 0. The van der Waals surface area contributed by atoms with Crippen molar-refractivity contribution in [1.29, 1.82) is 0 Å². The Kier molecular flexibility index (Phi) is 10.2. The molecular weight excluding hydrogens is 372 g/mol. The summed E-state index contributed by atoms with van der Waals surface area (Å²) in [6.45, 7) is 6.78. The van der Waals surface area contributed by atoms with Crippen LogP contribution in [-0.2, 0) is 0 Å². The zero-order valence-electron chi connectivity index (χ0n) is 22.5. The molecule has 0 aromatic heterocycles. The van der Waals surface area contributed by atoms with Gasteiger partial charge >= 0.3 is 0 Å². The summed E-state index contributed by atoms with van der Waals surface area (Å²) in [7, 11) is 27.2. The molecule has 0 aromatic rings. The van der Waals surface area contributed by atoms with Crippen molar-refractivity contribution in [2.75, 3.05) is 124 Å². The van der Waals surface area contributed by atoms with Gasteiger partial charge in [-0.15, -0.1) is 0 Å². The summed E-state index contributed by atoms with van der Waals surface area (Å²) in [5, 5.41) is 0. The fourth-order valence-corrected chi connectivity index (χ4v) is 7.05. The summed E-state index contributed by atoms with van der Waals surface area (Å²) >= 11 is 0. The molecular formula is C24H54N6. The Balaban J connectivity index is 3.90. The molecule has 0 atom stereocenters. The van der Waals surface area contributed by atoms with Crippen molar-refractivity contribution in [3.8, 4) is 0 Å². The molecule has 1 fully saturated rings. The predicted octanol–water partition coefficient (Wildman–Crippen LogP) is 1.50. The molecule has 0 heterocycles. The molecule has 6 nitrogen and oxygen atoms in total. The van der Waals surface area contributed by atoms with Crippen molar-refractivity contribution in [3.05, 3.63) is 0 Å². The second kappa shape index (κ2) is 11.1. The highest BCUT2D eigenvalue weighted by atomic mass is 15.2. The summed E-state index contributed by atoms with van der Waals surface area (Å²) in [5.74, 6) is 0. The van der Waals surface area contributed by atoms with Crippen molar-refractivity contribution < 1.29 is 0 Å². The summed E-state index contributed by atoms with van der Waals surface area (Å²) in [6.07, 6.45) is 3.91. The van der Waals surface area contributed by atoms with Crippen LogP contribution in [0.3, 0.4) is 0 Å². The first-order chi connectivity index (χ1) is 13.7. The van der Waals surface area contributed by atoms with E-state index in [0.29, 0.717) is 0 Å². The van der Waals surface area contributed by atoms with Crippen molar-refractivity contribution in [2.45, 2.75) is 19.3 Å². The van der Waals surface area contributed by atoms with Gasteiger partial charge in [0.15, 0.2) is 0 Å². The van der Waals surface area contributed by atoms with E-state index in [1.165, 1.54) is 19.3 Å². The van der Waals surface area contributed by atoms with Gasteiger partial charge in [0.1, 0.15) is 0 Å². The third-order valence-electron chi connectivity index (χ3n) is 6.99. The Hall–Kier alpha value is -0.240. The maximum absolute atomic E-state index is 2.47. The van der Waals surface area contributed by atoms with Crippen molar-refractivity contribution in [1.82, 2.24) is 29.4 Å². The van der Waals surface area contributed by atoms with Gasteiger partial charge in [-0.25, -0.2) is 0 Å². The maximum Gasteiger partial charge on any atom is 0.0119 e. The SMILES string of the molecule is CN(C)CC1(CN(C)C)CCCC(CN(C)C)(CN(C)C)C1(CN(C)C)CN(C)C. The van der Waals surface area contributed by atoms with Gasteiger partial charge in [-0.2, -0.15) is 0 Å². The molecule has 6 heteroatoms. The van der Waals surface area contributed by atoms with Gasteiger partial charge in [0.2, 0.25) is 0 Å². The Morgan fingerprint density at radius 3 is 0.833 bits per heavy atom. The fraction of sp³-hybridized carbons (Fsp3) is 1.00. The Morgan fingerprint density at radius 1 is 0.400 bits per heavy atom. The van der Waals surface area contributed by atoms with Crippen LogP contribution >= 0.6 is 0 Å². The van der Waals surface area contributed by atoms with Gasteiger partial charge < -0.3 is 29.4 Å². The minimum absolute atomic E-state index is 0.161. The number of rotatable bonds is 12. The monoisotopic (exact) mass is 426 g/mol. The molecule has 0 unspecified atom stereocenters. The lowest BCUT2D eigenvalue weighted by Gasteiger charge is -2.67. The lowest BCUT2D eigenvalue weighted by atomic mass is 9.43. The van der Waals surface area contributed by atoms with Crippen LogP contribution < -0.4 is 0 Å². The van der Waals surface area contributed by atoms with Crippen molar-refractivity contribution in [2.24, 2.45) is 16.2 Å². The van der Waals surface area contributed by atoms with E-state index in [9.17, 15) is 0 Å². The highest BCUT2D eigenvalue weighted by molar-refractivity contribution is 5.16. The minimum atomic E-state index is 0.161. The summed E-state index contributed by atoms with van der Waals surface area (Å²) in [6, 6.07) is 0. The van der Waals surface area contributed by atoms with Crippen molar-refractivity contribution in [3.63, 3.8) is 0 Å². The number of nitrogens with zero attached hydrogens (tertiary/aromatic N) is 6. The van der Waals surface area contributed by atoms with E-state index in [-0.39, 0.29) is 16.2 Å². The molecule has 1 aliphatic rings. The molecule has 0 N–H and O–H groups in total.